The van der Waals surface area contributed by atoms with E-state index in [9.17, 15) is 4.79 Å². The number of aryl methyl sites for hydroxylation is 1. The van der Waals surface area contributed by atoms with Gasteiger partial charge in [-0.1, -0.05) is 13.8 Å². The minimum Gasteiger partial charge on any atom is -0.334 e. The summed E-state index contributed by atoms with van der Waals surface area (Å²) in [6.45, 7) is 6.66. The van der Waals surface area contributed by atoms with Crippen molar-refractivity contribution in [3.8, 4) is 0 Å². The predicted molar refractivity (Wildman–Crippen MR) is 65.3 cm³/mol. The standard InChI is InChI=1S/C13H19N3O/c1-9(2)13(17)16-6-4-5-12(16)11-8-14-7-10(3)15-11/h7-9,12H,4-6H2,1-3H3. The summed E-state index contributed by atoms with van der Waals surface area (Å²) in [4.78, 5) is 22.7. The molecule has 4 heteroatoms. The second kappa shape index (κ2) is 4.82. The molecule has 0 saturated carbocycles. The van der Waals surface area contributed by atoms with E-state index in [-0.39, 0.29) is 17.9 Å². The SMILES string of the molecule is Cc1cncc(C2CCCN2C(=O)C(C)C)n1. The van der Waals surface area contributed by atoms with Crippen LogP contribution in [-0.4, -0.2) is 27.3 Å². The Kier molecular flexibility index (Phi) is 3.41. The van der Waals surface area contributed by atoms with Crippen molar-refractivity contribution in [2.75, 3.05) is 6.54 Å². The molecule has 2 heterocycles. The largest absolute Gasteiger partial charge is 0.334 e. The third kappa shape index (κ3) is 2.46. The maximum atomic E-state index is 12.1. The van der Waals surface area contributed by atoms with E-state index < -0.39 is 0 Å². The van der Waals surface area contributed by atoms with Crippen molar-refractivity contribution in [3.63, 3.8) is 0 Å². The third-order valence-electron chi connectivity index (χ3n) is 3.14. The Balaban J connectivity index is 2.23. The molecule has 1 atom stereocenters. The summed E-state index contributed by atoms with van der Waals surface area (Å²) < 4.78 is 0. The van der Waals surface area contributed by atoms with Crippen LogP contribution in [0, 0.1) is 12.8 Å². The number of likely N-dealkylation sites (tertiary alicyclic amines) is 1. The summed E-state index contributed by atoms with van der Waals surface area (Å²) in [5.74, 6) is 0.268. The third-order valence-corrected chi connectivity index (χ3v) is 3.14. The molecule has 4 nitrogen and oxygen atoms in total. The number of amides is 1. The van der Waals surface area contributed by atoms with Crippen molar-refractivity contribution in [2.45, 2.75) is 39.7 Å². The van der Waals surface area contributed by atoms with Gasteiger partial charge in [0, 0.05) is 18.7 Å². The lowest BCUT2D eigenvalue weighted by atomic mass is 10.1. The number of nitrogens with zero attached hydrogens (tertiary/aromatic N) is 3. The Hall–Kier alpha value is -1.45. The zero-order chi connectivity index (χ0) is 12.4. The minimum atomic E-state index is 0.0494. The lowest BCUT2D eigenvalue weighted by Gasteiger charge is -2.25. The van der Waals surface area contributed by atoms with Crippen LogP contribution >= 0.6 is 0 Å². The molecule has 0 radical (unpaired) electrons. The Labute approximate surface area is 102 Å². The lowest BCUT2D eigenvalue weighted by Crippen LogP contribution is -2.34. The van der Waals surface area contributed by atoms with Crippen LogP contribution in [0.1, 0.15) is 44.1 Å². The van der Waals surface area contributed by atoms with Crippen molar-refractivity contribution < 1.29 is 4.79 Å². The first-order valence-electron chi connectivity index (χ1n) is 6.18. The van der Waals surface area contributed by atoms with E-state index in [1.54, 1.807) is 12.4 Å². The van der Waals surface area contributed by atoms with Crippen molar-refractivity contribution in [3.05, 3.63) is 23.8 Å². The second-order valence-electron chi connectivity index (χ2n) is 4.93. The Morgan fingerprint density at radius 3 is 2.88 bits per heavy atom. The summed E-state index contributed by atoms with van der Waals surface area (Å²) in [7, 11) is 0. The number of carbonyl (C=O) groups excluding carboxylic acids is 1. The van der Waals surface area contributed by atoms with Gasteiger partial charge in [0.25, 0.3) is 0 Å². The van der Waals surface area contributed by atoms with Crippen LogP contribution in [0.5, 0.6) is 0 Å². The molecular formula is C13H19N3O. The van der Waals surface area contributed by atoms with Gasteiger partial charge >= 0.3 is 0 Å². The molecule has 1 unspecified atom stereocenters. The molecule has 17 heavy (non-hydrogen) atoms. The molecule has 1 saturated heterocycles. The van der Waals surface area contributed by atoms with Gasteiger partial charge in [-0.15, -0.1) is 0 Å². The molecule has 2 rings (SSSR count). The van der Waals surface area contributed by atoms with E-state index in [1.807, 2.05) is 25.7 Å². The van der Waals surface area contributed by atoms with Gasteiger partial charge in [-0.25, -0.2) is 0 Å². The second-order valence-corrected chi connectivity index (χ2v) is 4.93. The van der Waals surface area contributed by atoms with Crippen LogP contribution in [-0.2, 0) is 4.79 Å². The summed E-state index contributed by atoms with van der Waals surface area (Å²) >= 11 is 0. The molecule has 0 aliphatic carbocycles. The zero-order valence-electron chi connectivity index (χ0n) is 10.7. The van der Waals surface area contributed by atoms with Crippen LogP contribution in [0.15, 0.2) is 12.4 Å². The molecular weight excluding hydrogens is 214 g/mol. The summed E-state index contributed by atoms with van der Waals surface area (Å²) in [6, 6.07) is 0.122. The summed E-state index contributed by atoms with van der Waals surface area (Å²) in [5, 5.41) is 0. The van der Waals surface area contributed by atoms with E-state index in [2.05, 4.69) is 9.97 Å². The predicted octanol–water partition coefficient (Wildman–Crippen LogP) is 2.10. The van der Waals surface area contributed by atoms with E-state index in [1.165, 1.54) is 0 Å². The highest BCUT2D eigenvalue weighted by atomic mass is 16.2. The Morgan fingerprint density at radius 2 is 2.24 bits per heavy atom. The van der Waals surface area contributed by atoms with E-state index in [0.717, 1.165) is 30.8 Å². The summed E-state index contributed by atoms with van der Waals surface area (Å²) in [6.07, 6.45) is 5.58. The van der Waals surface area contributed by atoms with Gasteiger partial charge in [0.05, 0.1) is 23.6 Å². The van der Waals surface area contributed by atoms with Gasteiger partial charge in [-0.3, -0.25) is 14.8 Å². The molecule has 1 aromatic heterocycles. The number of hydrogen-bond acceptors (Lipinski definition) is 3. The topological polar surface area (TPSA) is 46.1 Å². The van der Waals surface area contributed by atoms with Crippen molar-refractivity contribution >= 4 is 5.91 Å². The molecule has 1 aliphatic heterocycles. The monoisotopic (exact) mass is 233 g/mol. The molecule has 0 spiro atoms. The number of carbonyl (C=O) groups is 1. The van der Waals surface area contributed by atoms with E-state index >= 15 is 0 Å². The number of aromatic nitrogens is 2. The molecule has 1 aliphatic rings. The molecule has 1 fully saturated rings. The van der Waals surface area contributed by atoms with Crippen molar-refractivity contribution in [1.82, 2.24) is 14.9 Å². The smallest absolute Gasteiger partial charge is 0.225 e. The van der Waals surface area contributed by atoms with Crippen LogP contribution in [0.4, 0.5) is 0 Å². The molecule has 0 N–H and O–H groups in total. The first kappa shape index (κ1) is 12.0. The molecule has 0 aromatic carbocycles. The normalized spacial score (nSPS) is 20.0. The number of hydrogen-bond donors (Lipinski definition) is 0. The van der Waals surface area contributed by atoms with Crippen LogP contribution < -0.4 is 0 Å². The summed E-state index contributed by atoms with van der Waals surface area (Å²) in [5.41, 5.74) is 1.84. The van der Waals surface area contributed by atoms with E-state index in [4.69, 9.17) is 0 Å². The van der Waals surface area contributed by atoms with Crippen LogP contribution in [0.2, 0.25) is 0 Å². The highest BCUT2D eigenvalue weighted by Gasteiger charge is 2.32. The Morgan fingerprint density at radius 1 is 1.47 bits per heavy atom. The van der Waals surface area contributed by atoms with Gasteiger partial charge in [-0.2, -0.15) is 0 Å². The quantitative estimate of drug-likeness (QED) is 0.786. The average Bonchev–Trinajstić information content (AvgIpc) is 2.76. The highest BCUT2D eigenvalue weighted by Crippen LogP contribution is 2.31. The van der Waals surface area contributed by atoms with Crippen molar-refractivity contribution in [2.24, 2.45) is 5.92 Å². The fourth-order valence-corrected chi connectivity index (χ4v) is 2.31. The number of rotatable bonds is 2. The Bertz CT molecular complexity index is 417. The zero-order valence-corrected chi connectivity index (χ0v) is 10.7. The maximum Gasteiger partial charge on any atom is 0.225 e. The molecule has 0 bridgehead atoms. The van der Waals surface area contributed by atoms with Gasteiger partial charge < -0.3 is 4.90 Å². The molecule has 1 aromatic rings. The fraction of sp³-hybridized carbons (Fsp3) is 0.615. The minimum absolute atomic E-state index is 0.0494. The average molecular weight is 233 g/mol. The van der Waals surface area contributed by atoms with Gasteiger partial charge in [-0.05, 0) is 19.8 Å². The fourth-order valence-electron chi connectivity index (χ4n) is 2.31. The van der Waals surface area contributed by atoms with Crippen LogP contribution in [0.3, 0.4) is 0 Å². The first-order valence-corrected chi connectivity index (χ1v) is 6.18. The van der Waals surface area contributed by atoms with Gasteiger partial charge in [0.1, 0.15) is 0 Å². The van der Waals surface area contributed by atoms with Crippen LogP contribution in [0.25, 0.3) is 0 Å². The van der Waals surface area contributed by atoms with Crippen molar-refractivity contribution in [1.29, 1.82) is 0 Å². The maximum absolute atomic E-state index is 12.1. The van der Waals surface area contributed by atoms with Gasteiger partial charge in [0.2, 0.25) is 5.91 Å². The van der Waals surface area contributed by atoms with E-state index in [0.29, 0.717) is 0 Å². The highest BCUT2D eigenvalue weighted by molar-refractivity contribution is 5.78. The molecule has 1 amide bonds. The first-order chi connectivity index (χ1) is 8.09. The van der Waals surface area contributed by atoms with Gasteiger partial charge in [0.15, 0.2) is 0 Å². The lowest BCUT2D eigenvalue weighted by molar-refractivity contribution is -0.135. The molecule has 92 valence electrons.